The van der Waals surface area contributed by atoms with E-state index in [1.54, 1.807) is 0 Å². The van der Waals surface area contributed by atoms with Crippen molar-refractivity contribution in [1.29, 1.82) is 0 Å². The number of hydrogen-bond acceptors (Lipinski definition) is 2. The maximum Gasteiger partial charge on any atom is 0.0303 e. The van der Waals surface area contributed by atoms with Crippen LogP contribution in [0.4, 0.5) is 0 Å². The minimum Gasteiger partial charge on any atom is -0.373 e. The smallest absolute Gasteiger partial charge is 0.0303 e. The third kappa shape index (κ3) is 3.34. The van der Waals surface area contributed by atoms with Crippen LogP contribution in [0.3, 0.4) is 0 Å². The highest BCUT2D eigenvalue weighted by Crippen LogP contribution is 2.11. The zero-order chi connectivity index (χ0) is 12.3. The first-order chi connectivity index (χ1) is 8.15. The largest absolute Gasteiger partial charge is 0.373 e. The Bertz CT molecular complexity index is 372. The van der Waals surface area contributed by atoms with Crippen LogP contribution in [0, 0.1) is 6.92 Å². The second kappa shape index (κ2) is 5.37. The Kier molecular flexibility index (Phi) is 3.85. The molecule has 0 bridgehead atoms. The number of hydrogen-bond donors (Lipinski definition) is 0. The van der Waals surface area contributed by atoms with Gasteiger partial charge in [-0.3, -0.25) is 4.90 Å². The average Bonchev–Trinajstić information content (AvgIpc) is 2.33. The Balaban J connectivity index is 1.85. The number of benzene rings is 1. The van der Waals surface area contributed by atoms with Crippen LogP contribution in [-0.2, 0) is 6.54 Å². The maximum atomic E-state index is 4.00. The fraction of sp³-hybridized carbons (Fsp3) is 0.467. The van der Waals surface area contributed by atoms with E-state index in [-0.39, 0.29) is 0 Å². The van der Waals surface area contributed by atoms with Crippen molar-refractivity contribution >= 4 is 0 Å². The molecule has 0 radical (unpaired) electrons. The zero-order valence-corrected chi connectivity index (χ0v) is 10.9. The van der Waals surface area contributed by atoms with Gasteiger partial charge in [-0.15, -0.1) is 0 Å². The van der Waals surface area contributed by atoms with E-state index in [2.05, 4.69) is 54.5 Å². The molecule has 0 atom stereocenters. The summed E-state index contributed by atoms with van der Waals surface area (Å²) in [4.78, 5) is 4.88. The first-order valence-electron chi connectivity index (χ1n) is 6.33. The van der Waals surface area contributed by atoms with E-state index in [9.17, 15) is 0 Å². The van der Waals surface area contributed by atoms with E-state index in [4.69, 9.17) is 0 Å². The van der Waals surface area contributed by atoms with Gasteiger partial charge in [0.05, 0.1) is 0 Å². The highest BCUT2D eigenvalue weighted by molar-refractivity contribution is 5.21. The normalized spacial score (nSPS) is 17.2. The lowest BCUT2D eigenvalue weighted by Crippen LogP contribution is -2.44. The van der Waals surface area contributed by atoms with E-state index in [1.165, 1.54) is 16.8 Å². The third-order valence-electron chi connectivity index (χ3n) is 3.44. The van der Waals surface area contributed by atoms with Gasteiger partial charge in [0.15, 0.2) is 0 Å². The van der Waals surface area contributed by atoms with Crippen molar-refractivity contribution in [3.05, 3.63) is 47.7 Å². The predicted octanol–water partition coefficient (Wildman–Crippen LogP) is 2.65. The van der Waals surface area contributed by atoms with E-state index < -0.39 is 0 Å². The Labute approximate surface area is 105 Å². The summed E-state index contributed by atoms with van der Waals surface area (Å²) >= 11 is 0. The second-order valence-electron chi connectivity index (χ2n) is 4.98. The molecule has 1 heterocycles. The van der Waals surface area contributed by atoms with Crippen LogP contribution in [0.15, 0.2) is 36.5 Å². The Morgan fingerprint density at radius 1 is 1.12 bits per heavy atom. The molecule has 0 N–H and O–H groups in total. The van der Waals surface area contributed by atoms with E-state index in [1.807, 2.05) is 0 Å². The van der Waals surface area contributed by atoms with Crippen molar-refractivity contribution in [1.82, 2.24) is 9.80 Å². The van der Waals surface area contributed by atoms with Crippen molar-refractivity contribution in [2.24, 2.45) is 0 Å². The molecule has 0 aliphatic carbocycles. The lowest BCUT2D eigenvalue weighted by Gasteiger charge is -2.36. The molecule has 1 aromatic carbocycles. The molecule has 92 valence electrons. The Morgan fingerprint density at radius 2 is 1.71 bits per heavy atom. The van der Waals surface area contributed by atoms with Gasteiger partial charge in [0, 0.05) is 38.4 Å². The summed E-state index contributed by atoms with van der Waals surface area (Å²) in [5, 5.41) is 0. The quantitative estimate of drug-likeness (QED) is 0.787. The summed E-state index contributed by atoms with van der Waals surface area (Å²) in [5.74, 6) is 0. The highest BCUT2D eigenvalue weighted by Gasteiger charge is 2.15. The Hall–Kier alpha value is -1.28. The van der Waals surface area contributed by atoms with E-state index in [0.29, 0.717) is 0 Å². The first kappa shape index (κ1) is 12.2. The topological polar surface area (TPSA) is 6.48 Å². The molecule has 17 heavy (non-hydrogen) atoms. The minimum atomic E-state index is 1.07. The molecule has 2 nitrogen and oxygen atoms in total. The van der Waals surface area contributed by atoms with Gasteiger partial charge in [0.1, 0.15) is 0 Å². The molecule has 1 fully saturated rings. The third-order valence-corrected chi connectivity index (χ3v) is 3.44. The fourth-order valence-corrected chi connectivity index (χ4v) is 2.24. The molecular weight excluding hydrogens is 208 g/mol. The van der Waals surface area contributed by atoms with E-state index >= 15 is 0 Å². The lowest BCUT2D eigenvalue weighted by atomic mass is 10.1. The second-order valence-corrected chi connectivity index (χ2v) is 4.98. The standard InChI is InChI=1S/C15H22N2/c1-13(2)17-10-8-16(9-11-17)12-15-6-4-14(3)5-7-15/h4-7H,1,8-12H2,2-3H3. The molecule has 1 aromatic rings. The molecule has 2 heteroatoms. The number of rotatable bonds is 3. The van der Waals surface area contributed by atoms with Crippen LogP contribution in [0.25, 0.3) is 0 Å². The molecule has 0 spiro atoms. The van der Waals surface area contributed by atoms with Gasteiger partial charge in [0.25, 0.3) is 0 Å². The summed E-state index contributed by atoms with van der Waals surface area (Å²) in [7, 11) is 0. The first-order valence-corrected chi connectivity index (χ1v) is 6.33. The van der Waals surface area contributed by atoms with Gasteiger partial charge < -0.3 is 4.90 Å². The highest BCUT2D eigenvalue weighted by atomic mass is 15.3. The lowest BCUT2D eigenvalue weighted by molar-refractivity contribution is 0.153. The van der Waals surface area contributed by atoms with Crippen molar-refractivity contribution in [2.45, 2.75) is 20.4 Å². The molecule has 0 saturated carbocycles. The van der Waals surface area contributed by atoms with E-state index in [0.717, 1.165) is 32.7 Å². The summed E-state index contributed by atoms with van der Waals surface area (Å²) < 4.78 is 0. The number of allylic oxidation sites excluding steroid dienone is 1. The monoisotopic (exact) mass is 230 g/mol. The zero-order valence-electron chi connectivity index (χ0n) is 10.9. The van der Waals surface area contributed by atoms with Crippen LogP contribution in [0.1, 0.15) is 18.1 Å². The predicted molar refractivity (Wildman–Crippen MR) is 72.8 cm³/mol. The minimum absolute atomic E-state index is 1.07. The summed E-state index contributed by atoms with van der Waals surface area (Å²) in [5.41, 5.74) is 3.94. The van der Waals surface area contributed by atoms with Crippen LogP contribution < -0.4 is 0 Å². The number of nitrogens with zero attached hydrogens (tertiary/aromatic N) is 2. The number of aryl methyl sites for hydroxylation is 1. The van der Waals surface area contributed by atoms with Crippen molar-refractivity contribution in [2.75, 3.05) is 26.2 Å². The molecular formula is C15H22N2. The van der Waals surface area contributed by atoms with Gasteiger partial charge >= 0.3 is 0 Å². The van der Waals surface area contributed by atoms with Gasteiger partial charge in [0.2, 0.25) is 0 Å². The summed E-state index contributed by atoms with van der Waals surface area (Å²) in [6.07, 6.45) is 0. The molecule has 2 rings (SSSR count). The van der Waals surface area contributed by atoms with Crippen LogP contribution >= 0.6 is 0 Å². The summed E-state index contributed by atoms with van der Waals surface area (Å²) in [6, 6.07) is 8.86. The van der Waals surface area contributed by atoms with Crippen LogP contribution in [0.2, 0.25) is 0 Å². The molecule has 1 aliphatic heterocycles. The summed E-state index contributed by atoms with van der Waals surface area (Å²) in [6.45, 7) is 13.8. The maximum absolute atomic E-state index is 4.00. The Morgan fingerprint density at radius 3 is 2.24 bits per heavy atom. The molecule has 1 saturated heterocycles. The molecule has 0 unspecified atom stereocenters. The van der Waals surface area contributed by atoms with Gasteiger partial charge in [-0.1, -0.05) is 36.4 Å². The van der Waals surface area contributed by atoms with Crippen LogP contribution in [0.5, 0.6) is 0 Å². The SMILES string of the molecule is C=C(C)N1CCN(Cc2ccc(C)cc2)CC1. The van der Waals surface area contributed by atoms with Crippen LogP contribution in [-0.4, -0.2) is 36.0 Å². The van der Waals surface area contributed by atoms with Crippen molar-refractivity contribution < 1.29 is 0 Å². The average molecular weight is 230 g/mol. The van der Waals surface area contributed by atoms with Crippen molar-refractivity contribution in [3.8, 4) is 0 Å². The molecule has 0 aromatic heterocycles. The molecule has 0 amide bonds. The number of piperazine rings is 1. The van der Waals surface area contributed by atoms with Gasteiger partial charge in [-0.05, 0) is 19.4 Å². The fourth-order valence-electron chi connectivity index (χ4n) is 2.24. The van der Waals surface area contributed by atoms with Gasteiger partial charge in [-0.25, -0.2) is 0 Å². The van der Waals surface area contributed by atoms with Crippen molar-refractivity contribution in [3.63, 3.8) is 0 Å². The van der Waals surface area contributed by atoms with Gasteiger partial charge in [-0.2, -0.15) is 0 Å². The molecule has 1 aliphatic rings.